The molecule has 1 amide bonds. The Hall–Kier alpha value is -1.08. The summed E-state index contributed by atoms with van der Waals surface area (Å²) in [5, 5.41) is 8.57. The number of hydrogen-bond donors (Lipinski definition) is 1. The number of amides is 1. The van der Waals surface area contributed by atoms with Crippen LogP contribution < -0.4 is 5.73 Å². The van der Waals surface area contributed by atoms with Crippen LogP contribution in [-0.2, 0) is 4.79 Å². The van der Waals surface area contributed by atoms with Crippen LogP contribution in [0, 0.1) is 17.2 Å². The summed E-state index contributed by atoms with van der Waals surface area (Å²) < 4.78 is 0. The van der Waals surface area contributed by atoms with E-state index in [0.29, 0.717) is 25.4 Å². The molecule has 0 spiro atoms. The summed E-state index contributed by atoms with van der Waals surface area (Å²) in [6, 6.07) is 1.69. The third-order valence-corrected chi connectivity index (χ3v) is 3.82. The van der Waals surface area contributed by atoms with Crippen LogP contribution in [0.5, 0.6) is 0 Å². The quantitative estimate of drug-likeness (QED) is 0.785. The van der Waals surface area contributed by atoms with Crippen molar-refractivity contribution in [3.05, 3.63) is 0 Å². The summed E-state index contributed by atoms with van der Waals surface area (Å²) in [5.74, 6) is 0.630. The second-order valence-corrected chi connectivity index (χ2v) is 5.17. The van der Waals surface area contributed by atoms with Gasteiger partial charge in [0.25, 0.3) is 0 Å². The van der Waals surface area contributed by atoms with Gasteiger partial charge in [-0.25, -0.2) is 0 Å². The van der Waals surface area contributed by atoms with Crippen LogP contribution >= 0.6 is 0 Å². The monoisotopic (exact) mass is 251 g/mol. The molecule has 0 saturated heterocycles. The van der Waals surface area contributed by atoms with E-state index in [1.165, 1.54) is 32.1 Å². The molecule has 4 nitrogen and oxygen atoms in total. The lowest BCUT2D eigenvalue weighted by Gasteiger charge is -2.27. The second-order valence-electron chi connectivity index (χ2n) is 5.17. The van der Waals surface area contributed by atoms with E-state index in [9.17, 15) is 4.79 Å². The highest BCUT2D eigenvalue weighted by Gasteiger charge is 2.24. The number of nitriles is 1. The largest absolute Gasteiger partial charge is 0.341 e. The van der Waals surface area contributed by atoms with Gasteiger partial charge in [0.1, 0.15) is 0 Å². The predicted molar refractivity (Wildman–Crippen MR) is 71.7 cm³/mol. The summed E-state index contributed by atoms with van der Waals surface area (Å²) >= 11 is 0. The fourth-order valence-corrected chi connectivity index (χ4v) is 2.73. The second kappa shape index (κ2) is 8.10. The molecular formula is C14H25N3O. The molecule has 1 fully saturated rings. The molecule has 0 aliphatic heterocycles. The minimum absolute atomic E-state index is 0.0123. The van der Waals surface area contributed by atoms with E-state index in [0.717, 1.165) is 6.42 Å². The van der Waals surface area contributed by atoms with Crippen LogP contribution in [0.25, 0.3) is 0 Å². The Labute approximate surface area is 110 Å². The molecule has 1 atom stereocenters. The summed E-state index contributed by atoms with van der Waals surface area (Å²) in [6.45, 7) is 3.08. The van der Waals surface area contributed by atoms with Crippen LogP contribution in [0.2, 0.25) is 0 Å². The highest BCUT2D eigenvalue weighted by Crippen LogP contribution is 2.27. The molecule has 0 aromatic rings. The molecule has 1 saturated carbocycles. The van der Waals surface area contributed by atoms with Crippen molar-refractivity contribution >= 4 is 5.91 Å². The molecule has 0 aromatic carbocycles. The first kappa shape index (κ1) is 15.0. The predicted octanol–water partition coefficient (Wildman–Crippen LogP) is 2.05. The molecule has 1 aliphatic carbocycles. The molecule has 2 N–H and O–H groups in total. The maximum absolute atomic E-state index is 12.1. The van der Waals surface area contributed by atoms with Crippen LogP contribution in [-0.4, -0.2) is 29.9 Å². The third-order valence-electron chi connectivity index (χ3n) is 3.82. The lowest BCUT2D eigenvalue weighted by atomic mass is 9.85. The minimum atomic E-state index is -0.383. The first-order chi connectivity index (χ1) is 8.69. The van der Waals surface area contributed by atoms with E-state index in [1.54, 1.807) is 4.90 Å². The van der Waals surface area contributed by atoms with Crippen molar-refractivity contribution in [2.75, 3.05) is 13.1 Å². The van der Waals surface area contributed by atoms with Gasteiger partial charge in [-0.1, -0.05) is 32.1 Å². The lowest BCUT2D eigenvalue weighted by Crippen LogP contribution is -2.45. The van der Waals surface area contributed by atoms with E-state index >= 15 is 0 Å². The van der Waals surface area contributed by atoms with Gasteiger partial charge in [-0.2, -0.15) is 5.26 Å². The molecule has 4 heteroatoms. The van der Waals surface area contributed by atoms with E-state index in [-0.39, 0.29) is 11.9 Å². The number of nitrogens with zero attached hydrogens (tertiary/aromatic N) is 2. The number of hydrogen-bond acceptors (Lipinski definition) is 3. The highest BCUT2D eigenvalue weighted by atomic mass is 16.2. The summed E-state index contributed by atoms with van der Waals surface area (Å²) in [6.07, 6.45) is 7.49. The molecule has 18 heavy (non-hydrogen) atoms. The molecule has 0 heterocycles. The van der Waals surface area contributed by atoms with Gasteiger partial charge >= 0.3 is 0 Å². The first-order valence-electron chi connectivity index (χ1n) is 7.10. The van der Waals surface area contributed by atoms with Crippen LogP contribution in [0.3, 0.4) is 0 Å². The SMILES string of the molecule is CCN(CCC#N)C(=O)C(N)CC1CCCCC1. The standard InChI is InChI=1S/C14H25N3O/c1-2-17(10-6-9-15)14(18)13(16)11-12-7-4-3-5-8-12/h12-13H,2-8,10-11,16H2,1H3. The average Bonchev–Trinajstić information content (AvgIpc) is 2.40. The summed E-state index contributed by atoms with van der Waals surface area (Å²) in [5.41, 5.74) is 6.02. The van der Waals surface area contributed by atoms with Crippen molar-refractivity contribution in [1.82, 2.24) is 4.90 Å². The van der Waals surface area contributed by atoms with Crippen molar-refractivity contribution in [3.8, 4) is 6.07 Å². The number of rotatable bonds is 6. The van der Waals surface area contributed by atoms with E-state index in [1.807, 2.05) is 6.92 Å². The molecule has 1 unspecified atom stereocenters. The average molecular weight is 251 g/mol. The van der Waals surface area contributed by atoms with E-state index in [4.69, 9.17) is 11.0 Å². The van der Waals surface area contributed by atoms with Gasteiger partial charge in [0, 0.05) is 13.1 Å². The maximum Gasteiger partial charge on any atom is 0.239 e. The maximum atomic E-state index is 12.1. The molecule has 1 rings (SSSR count). The Balaban J connectivity index is 2.40. The zero-order chi connectivity index (χ0) is 13.4. The number of nitrogens with two attached hydrogens (primary N) is 1. The molecule has 1 aliphatic rings. The Morgan fingerprint density at radius 3 is 2.67 bits per heavy atom. The van der Waals surface area contributed by atoms with Gasteiger partial charge in [0.15, 0.2) is 0 Å². The minimum Gasteiger partial charge on any atom is -0.341 e. The van der Waals surface area contributed by atoms with Crippen molar-refractivity contribution in [2.45, 2.75) is 57.9 Å². The zero-order valence-corrected chi connectivity index (χ0v) is 11.4. The fourth-order valence-electron chi connectivity index (χ4n) is 2.73. The fraction of sp³-hybridized carbons (Fsp3) is 0.857. The summed E-state index contributed by atoms with van der Waals surface area (Å²) in [4.78, 5) is 13.9. The zero-order valence-electron chi connectivity index (χ0n) is 11.4. The van der Waals surface area contributed by atoms with E-state index in [2.05, 4.69) is 6.07 Å². The molecule has 0 aromatic heterocycles. The molecule has 0 bridgehead atoms. The van der Waals surface area contributed by atoms with E-state index < -0.39 is 0 Å². The normalized spacial score (nSPS) is 18.1. The Kier molecular flexibility index (Phi) is 6.74. The number of carbonyl (C=O) groups is 1. The van der Waals surface area contributed by atoms with Crippen molar-refractivity contribution in [1.29, 1.82) is 5.26 Å². The Morgan fingerprint density at radius 2 is 2.11 bits per heavy atom. The highest BCUT2D eigenvalue weighted by molar-refractivity contribution is 5.81. The van der Waals surface area contributed by atoms with Crippen molar-refractivity contribution in [2.24, 2.45) is 11.7 Å². The smallest absolute Gasteiger partial charge is 0.239 e. The molecule has 0 radical (unpaired) electrons. The van der Waals surface area contributed by atoms with Gasteiger partial charge in [-0.05, 0) is 19.3 Å². The van der Waals surface area contributed by atoms with Gasteiger partial charge in [-0.15, -0.1) is 0 Å². The van der Waals surface area contributed by atoms with Gasteiger partial charge in [-0.3, -0.25) is 4.79 Å². The van der Waals surface area contributed by atoms with Crippen molar-refractivity contribution in [3.63, 3.8) is 0 Å². The number of likely N-dealkylation sites (N-methyl/N-ethyl adjacent to an activating group) is 1. The van der Waals surface area contributed by atoms with Gasteiger partial charge in [0.05, 0.1) is 18.5 Å². The van der Waals surface area contributed by atoms with Crippen LogP contribution in [0.4, 0.5) is 0 Å². The molecule has 102 valence electrons. The Morgan fingerprint density at radius 1 is 1.44 bits per heavy atom. The van der Waals surface area contributed by atoms with Crippen molar-refractivity contribution < 1.29 is 4.79 Å². The van der Waals surface area contributed by atoms with Gasteiger partial charge in [0.2, 0.25) is 5.91 Å². The first-order valence-corrected chi connectivity index (χ1v) is 7.10. The summed E-state index contributed by atoms with van der Waals surface area (Å²) in [7, 11) is 0. The topological polar surface area (TPSA) is 70.1 Å². The third kappa shape index (κ3) is 4.66. The van der Waals surface area contributed by atoms with Crippen LogP contribution in [0.15, 0.2) is 0 Å². The Bertz CT molecular complexity index is 292. The number of carbonyl (C=O) groups excluding carboxylic acids is 1. The van der Waals surface area contributed by atoms with Gasteiger partial charge < -0.3 is 10.6 Å². The lowest BCUT2D eigenvalue weighted by molar-refractivity contribution is -0.132. The van der Waals surface area contributed by atoms with Crippen LogP contribution in [0.1, 0.15) is 51.9 Å². The molecular weight excluding hydrogens is 226 g/mol.